The van der Waals surface area contributed by atoms with E-state index in [1.54, 1.807) is 6.08 Å². The quantitative estimate of drug-likeness (QED) is 0.528. The van der Waals surface area contributed by atoms with E-state index in [9.17, 15) is 10.2 Å². The van der Waals surface area contributed by atoms with Crippen LogP contribution in [0.5, 0.6) is 0 Å². The van der Waals surface area contributed by atoms with Gasteiger partial charge < -0.3 is 14.6 Å². The number of hydrogen-bond acceptors (Lipinski definition) is 3. The Morgan fingerprint density at radius 2 is 1.57 bits per heavy atom. The summed E-state index contributed by atoms with van der Waals surface area (Å²) in [6.45, 7) is 21.1. The normalized spacial score (nSPS) is 20.5. The van der Waals surface area contributed by atoms with Crippen molar-refractivity contribution in [2.45, 2.75) is 71.9 Å². The second kappa shape index (κ2) is 7.91. The van der Waals surface area contributed by atoms with Crippen LogP contribution in [0.3, 0.4) is 0 Å². The molecule has 126 valence electrons. The zero-order valence-electron chi connectivity index (χ0n) is 15.2. The third kappa shape index (κ3) is 5.85. The lowest BCUT2D eigenvalue weighted by Gasteiger charge is -2.38. The van der Waals surface area contributed by atoms with Gasteiger partial charge in [0.25, 0.3) is 0 Å². The van der Waals surface area contributed by atoms with E-state index in [1.165, 1.54) is 0 Å². The zero-order chi connectivity index (χ0) is 17.0. The van der Waals surface area contributed by atoms with Crippen molar-refractivity contribution in [3.05, 3.63) is 12.7 Å². The predicted molar refractivity (Wildman–Crippen MR) is 92.9 cm³/mol. The molecule has 2 N–H and O–H groups in total. The number of rotatable bonds is 8. The number of hydrogen-bond donors (Lipinski definition) is 2. The maximum atomic E-state index is 10.4. The van der Waals surface area contributed by atoms with Crippen LogP contribution in [0.25, 0.3) is 0 Å². The first-order valence-corrected chi connectivity index (χ1v) is 10.9. The maximum absolute atomic E-state index is 10.4. The Morgan fingerprint density at radius 3 is 1.95 bits per heavy atom. The second-order valence-corrected chi connectivity index (χ2v) is 12.8. The highest BCUT2D eigenvalue weighted by Crippen LogP contribution is 2.37. The zero-order valence-corrected chi connectivity index (χ0v) is 16.2. The Morgan fingerprint density at radius 1 is 1.10 bits per heavy atom. The Bertz CT molecular complexity index is 322. The molecule has 0 saturated heterocycles. The number of aliphatic hydroxyl groups excluding tert-OH is 2. The molecule has 0 radical (unpaired) electrons. The summed E-state index contributed by atoms with van der Waals surface area (Å²) in [4.78, 5) is 0. The Kier molecular flexibility index (Phi) is 7.85. The summed E-state index contributed by atoms with van der Waals surface area (Å²) < 4.78 is 6.17. The van der Waals surface area contributed by atoms with E-state index in [4.69, 9.17) is 4.43 Å². The van der Waals surface area contributed by atoms with Crippen LogP contribution in [0.1, 0.15) is 41.5 Å². The van der Waals surface area contributed by atoms with Crippen LogP contribution in [0.4, 0.5) is 0 Å². The lowest BCUT2D eigenvalue weighted by Crippen LogP contribution is -2.44. The van der Waals surface area contributed by atoms with Gasteiger partial charge >= 0.3 is 0 Å². The molecule has 0 unspecified atom stereocenters. The first-order valence-electron chi connectivity index (χ1n) is 7.97. The summed E-state index contributed by atoms with van der Waals surface area (Å²) in [6.07, 6.45) is 0.574. The summed E-state index contributed by atoms with van der Waals surface area (Å²) in [5.74, 6) is -0.222. The molecular weight excluding hydrogens is 280 g/mol. The first-order chi connectivity index (χ1) is 9.35. The predicted octanol–water partition coefficient (Wildman–Crippen LogP) is 3.82. The lowest BCUT2D eigenvalue weighted by atomic mass is 9.84. The minimum absolute atomic E-state index is 0.000732. The van der Waals surface area contributed by atoms with Crippen LogP contribution in [-0.2, 0) is 4.43 Å². The van der Waals surface area contributed by atoms with Gasteiger partial charge in [-0.25, -0.2) is 0 Å². The van der Waals surface area contributed by atoms with Crippen LogP contribution in [0, 0.1) is 17.8 Å². The van der Waals surface area contributed by atoms with E-state index in [-0.39, 0.29) is 22.8 Å². The van der Waals surface area contributed by atoms with E-state index in [0.717, 1.165) is 0 Å². The molecule has 3 nitrogen and oxygen atoms in total. The fraction of sp³-hybridized carbons (Fsp3) is 0.882. The summed E-state index contributed by atoms with van der Waals surface area (Å²) in [5.41, 5.74) is 0. The average Bonchev–Trinajstić information content (AvgIpc) is 2.40. The van der Waals surface area contributed by atoms with Gasteiger partial charge in [-0.15, -0.1) is 6.58 Å². The van der Waals surface area contributed by atoms with Crippen LogP contribution in [-0.4, -0.2) is 37.3 Å². The van der Waals surface area contributed by atoms with Crippen LogP contribution in [0.15, 0.2) is 12.7 Å². The fourth-order valence-corrected chi connectivity index (χ4v) is 3.11. The van der Waals surface area contributed by atoms with Gasteiger partial charge in [-0.1, -0.05) is 47.6 Å². The summed E-state index contributed by atoms with van der Waals surface area (Å²) in [7, 11) is -1.79. The molecule has 0 aromatic heterocycles. The molecular formula is C17H36O3Si. The Balaban J connectivity index is 4.59. The summed E-state index contributed by atoms with van der Waals surface area (Å²) >= 11 is 0. The fourth-order valence-electron chi connectivity index (χ4n) is 1.99. The van der Waals surface area contributed by atoms with E-state index in [0.29, 0.717) is 6.61 Å². The van der Waals surface area contributed by atoms with Crippen molar-refractivity contribution in [1.82, 2.24) is 0 Å². The topological polar surface area (TPSA) is 49.7 Å². The van der Waals surface area contributed by atoms with E-state index < -0.39 is 20.5 Å². The molecule has 0 aromatic carbocycles. The van der Waals surface area contributed by atoms with Crippen LogP contribution in [0.2, 0.25) is 18.1 Å². The summed E-state index contributed by atoms with van der Waals surface area (Å²) in [5, 5.41) is 20.8. The molecule has 21 heavy (non-hydrogen) atoms. The van der Waals surface area contributed by atoms with Crippen molar-refractivity contribution in [2.24, 2.45) is 17.8 Å². The molecule has 0 rings (SSSR count). The van der Waals surface area contributed by atoms with Gasteiger partial charge in [0.2, 0.25) is 0 Å². The van der Waals surface area contributed by atoms with Crippen LogP contribution < -0.4 is 0 Å². The smallest absolute Gasteiger partial charge is 0.191 e. The molecule has 0 aliphatic rings. The molecule has 0 aliphatic carbocycles. The SMILES string of the molecule is C=C[C@@H](C)[C@@H](O)[C@@H](C)[C@@H](O)[C@H](C)CO[Si](C)(C)C(C)(C)C. The maximum Gasteiger partial charge on any atom is 0.191 e. The molecule has 0 saturated carbocycles. The molecule has 0 aromatic rings. The van der Waals surface area contributed by atoms with Gasteiger partial charge in [0, 0.05) is 24.4 Å². The van der Waals surface area contributed by atoms with Crippen molar-refractivity contribution in [3.63, 3.8) is 0 Å². The van der Waals surface area contributed by atoms with Gasteiger partial charge in [0.05, 0.1) is 12.2 Å². The number of aliphatic hydroxyl groups is 2. The molecule has 4 heteroatoms. The molecule has 0 spiro atoms. The third-order valence-electron chi connectivity index (χ3n) is 5.08. The van der Waals surface area contributed by atoms with Crippen molar-refractivity contribution < 1.29 is 14.6 Å². The van der Waals surface area contributed by atoms with Crippen LogP contribution >= 0.6 is 0 Å². The van der Waals surface area contributed by atoms with Crippen molar-refractivity contribution in [3.8, 4) is 0 Å². The highest BCUT2D eigenvalue weighted by atomic mass is 28.4. The third-order valence-corrected chi connectivity index (χ3v) is 9.58. The molecule has 0 bridgehead atoms. The highest BCUT2D eigenvalue weighted by molar-refractivity contribution is 6.74. The van der Waals surface area contributed by atoms with Gasteiger partial charge in [-0.3, -0.25) is 0 Å². The van der Waals surface area contributed by atoms with Gasteiger partial charge in [0.15, 0.2) is 8.32 Å². The Labute approximate surface area is 132 Å². The standard InChI is InChI=1S/C17H36O3Si/c1-10-12(2)15(18)14(4)16(19)13(3)11-20-21(8,9)17(5,6)7/h10,12-16,18-19H,1,11H2,2-9H3/t12-,13-,14-,15-,16+/m1/s1. The van der Waals surface area contributed by atoms with Crippen molar-refractivity contribution >= 4 is 8.32 Å². The van der Waals surface area contributed by atoms with E-state index in [1.807, 2.05) is 20.8 Å². The minimum Gasteiger partial charge on any atom is -0.416 e. The van der Waals surface area contributed by atoms with Gasteiger partial charge in [0.1, 0.15) is 0 Å². The molecule has 0 amide bonds. The molecule has 0 fully saturated rings. The first kappa shape index (κ1) is 20.8. The Hall–Kier alpha value is -0.163. The monoisotopic (exact) mass is 316 g/mol. The average molecular weight is 317 g/mol. The largest absolute Gasteiger partial charge is 0.416 e. The molecule has 5 atom stereocenters. The second-order valence-electron chi connectivity index (χ2n) is 7.98. The van der Waals surface area contributed by atoms with E-state index in [2.05, 4.69) is 40.4 Å². The highest BCUT2D eigenvalue weighted by Gasteiger charge is 2.38. The van der Waals surface area contributed by atoms with E-state index >= 15 is 0 Å². The van der Waals surface area contributed by atoms with Gasteiger partial charge in [-0.2, -0.15) is 0 Å². The van der Waals surface area contributed by atoms with Gasteiger partial charge in [-0.05, 0) is 18.1 Å². The van der Waals surface area contributed by atoms with Crippen molar-refractivity contribution in [1.29, 1.82) is 0 Å². The minimum atomic E-state index is -1.79. The lowest BCUT2D eigenvalue weighted by molar-refractivity contribution is -0.0299. The summed E-state index contributed by atoms with van der Waals surface area (Å²) in [6, 6.07) is 0. The van der Waals surface area contributed by atoms with Crippen molar-refractivity contribution in [2.75, 3.05) is 6.61 Å². The molecule has 0 aliphatic heterocycles. The molecule has 0 heterocycles.